The maximum absolute atomic E-state index is 12.1. The quantitative estimate of drug-likeness (QED) is 0.638. The Morgan fingerprint density at radius 3 is 2.81 bits per heavy atom. The van der Waals surface area contributed by atoms with Crippen LogP contribution in [0, 0.1) is 0 Å². The summed E-state index contributed by atoms with van der Waals surface area (Å²) in [7, 11) is 0. The van der Waals surface area contributed by atoms with Crippen LogP contribution in [-0.2, 0) is 9.59 Å². The number of nitrogens with zero attached hydrogens (tertiary/aromatic N) is 1. The van der Waals surface area contributed by atoms with Gasteiger partial charge in [0.2, 0.25) is 11.8 Å². The Morgan fingerprint density at radius 2 is 2.25 bits per heavy atom. The number of hydrogen-bond acceptors (Lipinski definition) is 3. The van der Waals surface area contributed by atoms with Crippen LogP contribution in [-0.4, -0.2) is 41.4 Å². The molecule has 0 aromatic carbocycles. The van der Waals surface area contributed by atoms with E-state index in [0.717, 1.165) is 12.8 Å². The van der Waals surface area contributed by atoms with Crippen LogP contribution >= 0.6 is 0 Å². The minimum Gasteiger partial charge on any atom is -0.344 e. The molecule has 3 N–H and O–H groups in total. The van der Waals surface area contributed by atoms with Gasteiger partial charge in [-0.25, -0.2) is 0 Å². The third-order valence-corrected chi connectivity index (χ3v) is 3.49. The third-order valence-electron chi connectivity index (χ3n) is 3.49. The predicted molar refractivity (Wildman–Crippen MR) is 59.5 cm³/mol. The molecule has 2 heterocycles. The van der Waals surface area contributed by atoms with Crippen LogP contribution in [0.2, 0.25) is 0 Å². The first-order chi connectivity index (χ1) is 7.58. The van der Waals surface area contributed by atoms with E-state index in [0.29, 0.717) is 19.4 Å². The van der Waals surface area contributed by atoms with Gasteiger partial charge in [-0.2, -0.15) is 0 Å². The van der Waals surface area contributed by atoms with Crippen LogP contribution in [0.5, 0.6) is 0 Å². The fourth-order valence-electron chi connectivity index (χ4n) is 2.54. The molecule has 16 heavy (non-hydrogen) atoms. The highest BCUT2D eigenvalue weighted by molar-refractivity contribution is 5.91. The molecule has 2 saturated heterocycles. The molecule has 3 unspecified atom stereocenters. The second kappa shape index (κ2) is 4.41. The summed E-state index contributed by atoms with van der Waals surface area (Å²) in [5.74, 6) is 0.0463. The van der Waals surface area contributed by atoms with E-state index in [-0.39, 0.29) is 29.9 Å². The van der Waals surface area contributed by atoms with Gasteiger partial charge >= 0.3 is 0 Å². The first-order valence-corrected chi connectivity index (χ1v) is 5.93. The van der Waals surface area contributed by atoms with Crippen LogP contribution in [0.15, 0.2) is 0 Å². The Kier molecular flexibility index (Phi) is 3.14. The van der Waals surface area contributed by atoms with Gasteiger partial charge in [-0.1, -0.05) is 0 Å². The van der Waals surface area contributed by atoms with Crippen LogP contribution in [0.4, 0.5) is 0 Å². The smallest absolute Gasteiger partial charge is 0.245 e. The first-order valence-electron chi connectivity index (χ1n) is 5.93. The molecule has 5 nitrogen and oxygen atoms in total. The molecule has 90 valence electrons. The Bertz CT molecular complexity index is 306. The number of carbonyl (C=O) groups is 2. The van der Waals surface area contributed by atoms with Crippen molar-refractivity contribution >= 4 is 11.8 Å². The molecule has 0 bridgehead atoms. The average Bonchev–Trinajstić information content (AvgIpc) is 2.64. The molecular formula is C11H19N3O2. The van der Waals surface area contributed by atoms with Crippen LogP contribution < -0.4 is 11.1 Å². The maximum Gasteiger partial charge on any atom is 0.245 e. The van der Waals surface area contributed by atoms with E-state index < -0.39 is 0 Å². The Hall–Kier alpha value is -1.10. The molecule has 0 radical (unpaired) electrons. The number of amides is 2. The van der Waals surface area contributed by atoms with Gasteiger partial charge in [-0.15, -0.1) is 0 Å². The fraction of sp³-hybridized carbons (Fsp3) is 0.818. The van der Waals surface area contributed by atoms with Crippen LogP contribution in [0.25, 0.3) is 0 Å². The molecule has 2 aliphatic rings. The van der Waals surface area contributed by atoms with Gasteiger partial charge in [0.15, 0.2) is 0 Å². The zero-order valence-electron chi connectivity index (χ0n) is 9.61. The van der Waals surface area contributed by atoms with E-state index >= 15 is 0 Å². The van der Waals surface area contributed by atoms with Gasteiger partial charge in [0.05, 0.1) is 0 Å². The number of likely N-dealkylation sites (tertiary alicyclic amines) is 1. The minimum absolute atomic E-state index is 0.0142. The molecule has 0 aromatic heterocycles. The van der Waals surface area contributed by atoms with Gasteiger partial charge in [0.1, 0.15) is 6.04 Å². The van der Waals surface area contributed by atoms with E-state index in [1.54, 1.807) is 0 Å². The summed E-state index contributed by atoms with van der Waals surface area (Å²) in [6, 6.07) is 0.0928. The summed E-state index contributed by atoms with van der Waals surface area (Å²) in [5.41, 5.74) is 5.86. The summed E-state index contributed by atoms with van der Waals surface area (Å²) in [6.07, 6.45) is 2.81. The molecule has 2 rings (SSSR count). The van der Waals surface area contributed by atoms with Crippen LogP contribution in [0.3, 0.4) is 0 Å². The van der Waals surface area contributed by atoms with E-state index in [1.165, 1.54) is 0 Å². The number of rotatable bonds is 1. The van der Waals surface area contributed by atoms with Crippen molar-refractivity contribution in [1.29, 1.82) is 0 Å². The highest BCUT2D eigenvalue weighted by Crippen LogP contribution is 2.19. The lowest BCUT2D eigenvalue weighted by molar-refractivity contribution is -0.137. The predicted octanol–water partition coefficient (Wildman–Crippen LogP) is -0.397. The van der Waals surface area contributed by atoms with E-state index in [1.807, 2.05) is 11.8 Å². The largest absolute Gasteiger partial charge is 0.344 e. The van der Waals surface area contributed by atoms with Crippen LogP contribution in [0.1, 0.15) is 32.6 Å². The van der Waals surface area contributed by atoms with E-state index in [2.05, 4.69) is 5.32 Å². The lowest BCUT2D eigenvalue weighted by atomic mass is 9.98. The summed E-state index contributed by atoms with van der Waals surface area (Å²) >= 11 is 0. The summed E-state index contributed by atoms with van der Waals surface area (Å²) < 4.78 is 0. The van der Waals surface area contributed by atoms with Gasteiger partial charge < -0.3 is 16.0 Å². The van der Waals surface area contributed by atoms with Crippen molar-refractivity contribution < 1.29 is 9.59 Å². The van der Waals surface area contributed by atoms with Crippen molar-refractivity contribution in [3.63, 3.8) is 0 Å². The van der Waals surface area contributed by atoms with Gasteiger partial charge in [-0.3, -0.25) is 9.59 Å². The topological polar surface area (TPSA) is 75.4 Å². The van der Waals surface area contributed by atoms with Gasteiger partial charge in [0, 0.05) is 25.0 Å². The zero-order chi connectivity index (χ0) is 11.7. The Balaban J connectivity index is 1.96. The van der Waals surface area contributed by atoms with E-state index in [4.69, 9.17) is 5.73 Å². The SMILES string of the molecule is CC1CC(N)CCN1C(=O)C1CCC(=O)N1. The fourth-order valence-corrected chi connectivity index (χ4v) is 2.54. The number of carbonyl (C=O) groups excluding carboxylic acids is 2. The molecular weight excluding hydrogens is 206 g/mol. The summed E-state index contributed by atoms with van der Waals surface area (Å²) in [4.78, 5) is 25.1. The lowest BCUT2D eigenvalue weighted by Gasteiger charge is -2.37. The first kappa shape index (κ1) is 11.4. The molecule has 0 saturated carbocycles. The van der Waals surface area contributed by atoms with Crippen molar-refractivity contribution in [2.45, 2.75) is 50.7 Å². The molecule has 3 atom stereocenters. The third kappa shape index (κ3) is 2.19. The van der Waals surface area contributed by atoms with Crippen molar-refractivity contribution in [3.8, 4) is 0 Å². The molecule has 2 aliphatic heterocycles. The summed E-state index contributed by atoms with van der Waals surface area (Å²) in [5, 5.41) is 2.72. The molecule has 2 fully saturated rings. The Morgan fingerprint density at radius 1 is 1.50 bits per heavy atom. The maximum atomic E-state index is 12.1. The number of nitrogens with one attached hydrogen (secondary N) is 1. The van der Waals surface area contributed by atoms with Crippen molar-refractivity contribution in [3.05, 3.63) is 0 Å². The van der Waals surface area contributed by atoms with Crippen molar-refractivity contribution in [2.24, 2.45) is 5.73 Å². The normalized spacial score (nSPS) is 35.0. The number of piperidine rings is 1. The monoisotopic (exact) mass is 225 g/mol. The van der Waals surface area contributed by atoms with Crippen molar-refractivity contribution in [2.75, 3.05) is 6.54 Å². The minimum atomic E-state index is -0.302. The second-order valence-electron chi connectivity index (χ2n) is 4.82. The van der Waals surface area contributed by atoms with E-state index in [9.17, 15) is 9.59 Å². The lowest BCUT2D eigenvalue weighted by Crippen LogP contribution is -2.53. The summed E-state index contributed by atoms with van der Waals surface area (Å²) in [6.45, 7) is 2.74. The number of nitrogens with two attached hydrogens (primary N) is 1. The standard InChI is InChI=1S/C11H19N3O2/c1-7-6-8(12)4-5-14(7)11(16)9-2-3-10(15)13-9/h7-9H,2-6,12H2,1H3,(H,13,15). The Labute approximate surface area is 95.3 Å². The molecule has 0 aliphatic carbocycles. The zero-order valence-corrected chi connectivity index (χ0v) is 9.61. The molecule has 0 aromatic rings. The number of hydrogen-bond donors (Lipinski definition) is 2. The molecule has 5 heteroatoms. The highest BCUT2D eigenvalue weighted by Gasteiger charge is 2.34. The van der Waals surface area contributed by atoms with Crippen molar-refractivity contribution in [1.82, 2.24) is 10.2 Å². The van der Waals surface area contributed by atoms with Gasteiger partial charge in [-0.05, 0) is 26.2 Å². The average molecular weight is 225 g/mol. The molecule has 0 spiro atoms. The molecule has 2 amide bonds. The highest BCUT2D eigenvalue weighted by atomic mass is 16.2. The van der Waals surface area contributed by atoms with Gasteiger partial charge in [0.25, 0.3) is 0 Å². The second-order valence-corrected chi connectivity index (χ2v) is 4.82.